The molecular weight excluding hydrogens is 357 g/mol. The molecule has 4 rings (SSSR count). The largest absolute Gasteiger partial charge is 0.363 e. The average molecular weight is 374 g/mol. The van der Waals surface area contributed by atoms with E-state index in [2.05, 4.69) is 20.4 Å². The van der Waals surface area contributed by atoms with Gasteiger partial charge in [-0.1, -0.05) is 0 Å². The van der Waals surface area contributed by atoms with Gasteiger partial charge in [-0.15, -0.1) is 0 Å². The lowest BCUT2D eigenvalue weighted by atomic mass is 10.1. The Morgan fingerprint density at radius 3 is 2.67 bits per heavy atom. The summed E-state index contributed by atoms with van der Waals surface area (Å²) in [7, 11) is 0. The molecule has 0 unspecified atom stereocenters. The molecule has 2 aromatic heterocycles. The van der Waals surface area contributed by atoms with E-state index in [9.17, 15) is 13.2 Å². The number of aromatic nitrogens is 4. The fourth-order valence-corrected chi connectivity index (χ4v) is 3.10. The van der Waals surface area contributed by atoms with Crippen molar-refractivity contribution in [3.8, 4) is 0 Å². The number of nitrogens with one attached hydrogen (secondary N) is 1. The maximum absolute atomic E-state index is 13.9. The summed E-state index contributed by atoms with van der Waals surface area (Å²) >= 11 is 0. The van der Waals surface area contributed by atoms with Crippen molar-refractivity contribution in [3.63, 3.8) is 0 Å². The molecule has 9 heteroatoms. The highest BCUT2D eigenvalue weighted by atomic mass is 19.2. The number of fused-ring (bicyclic) bond motifs is 1. The molecule has 0 bridgehead atoms. The lowest BCUT2D eigenvalue weighted by Gasteiger charge is -2.27. The topological polar surface area (TPSA) is 58.9 Å². The zero-order valence-corrected chi connectivity index (χ0v) is 14.4. The first-order valence-electron chi connectivity index (χ1n) is 8.50. The van der Waals surface area contributed by atoms with Crippen LogP contribution in [0.1, 0.15) is 17.0 Å². The lowest BCUT2D eigenvalue weighted by molar-refractivity contribution is 0.202. The Morgan fingerprint density at radius 2 is 1.85 bits per heavy atom. The number of rotatable bonds is 5. The molecule has 0 aliphatic carbocycles. The number of nitrogens with zero attached hydrogens (tertiary/aromatic N) is 5. The van der Waals surface area contributed by atoms with Gasteiger partial charge in [0.25, 0.3) is 0 Å². The van der Waals surface area contributed by atoms with Crippen LogP contribution in [-0.4, -0.2) is 31.2 Å². The molecule has 0 atom stereocenters. The van der Waals surface area contributed by atoms with E-state index >= 15 is 0 Å². The van der Waals surface area contributed by atoms with Gasteiger partial charge in [0, 0.05) is 43.7 Å². The second kappa shape index (κ2) is 7.36. The Bertz CT molecular complexity index is 944. The van der Waals surface area contributed by atoms with Crippen LogP contribution in [0.5, 0.6) is 0 Å². The summed E-state index contributed by atoms with van der Waals surface area (Å²) in [5.41, 5.74) is 1.99. The van der Waals surface area contributed by atoms with E-state index in [0.29, 0.717) is 38.1 Å². The second-order valence-corrected chi connectivity index (χ2v) is 6.36. The number of hydrogen-bond donors (Lipinski definition) is 1. The van der Waals surface area contributed by atoms with E-state index in [1.165, 1.54) is 0 Å². The van der Waals surface area contributed by atoms with Gasteiger partial charge in [-0.05, 0) is 12.1 Å². The van der Waals surface area contributed by atoms with Crippen LogP contribution in [0, 0.1) is 17.5 Å². The molecule has 1 aliphatic heterocycles. The van der Waals surface area contributed by atoms with Crippen molar-refractivity contribution in [3.05, 3.63) is 71.2 Å². The molecular formula is C18H17F3N6. The van der Waals surface area contributed by atoms with Crippen LogP contribution in [0.15, 0.2) is 36.8 Å². The monoisotopic (exact) mass is 374 g/mol. The van der Waals surface area contributed by atoms with Crippen LogP contribution in [0.2, 0.25) is 0 Å². The van der Waals surface area contributed by atoms with Gasteiger partial charge in [-0.3, -0.25) is 14.6 Å². The zero-order valence-electron chi connectivity index (χ0n) is 14.4. The molecule has 1 aliphatic rings. The molecule has 140 valence electrons. The van der Waals surface area contributed by atoms with E-state index in [-0.39, 0.29) is 12.1 Å². The smallest absolute Gasteiger partial charge is 0.161 e. The van der Waals surface area contributed by atoms with Crippen LogP contribution in [0.25, 0.3) is 0 Å². The van der Waals surface area contributed by atoms with Gasteiger partial charge in [0.2, 0.25) is 0 Å². The van der Waals surface area contributed by atoms with Gasteiger partial charge in [0.15, 0.2) is 11.6 Å². The van der Waals surface area contributed by atoms with E-state index < -0.39 is 17.5 Å². The van der Waals surface area contributed by atoms with Gasteiger partial charge >= 0.3 is 0 Å². The third kappa shape index (κ3) is 3.92. The molecule has 0 spiro atoms. The van der Waals surface area contributed by atoms with Gasteiger partial charge < -0.3 is 5.32 Å². The Balaban J connectivity index is 1.41. The maximum atomic E-state index is 13.9. The molecule has 3 aromatic rings. The summed E-state index contributed by atoms with van der Waals surface area (Å²) in [6.07, 6.45) is 4.84. The van der Waals surface area contributed by atoms with Gasteiger partial charge in [-0.2, -0.15) is 5.10 Å². The third-order valence-corrected chi connectivity index (χ3v) is 4.42. The number of anilines is 1. The van der Waals surface area contributed by atoms with Crippen molar-refractivity contribution in [2.24, 2.45) is 0 Å². The van der Waals surface area contributed by atoms with Crippen LogP contribution in [-0.2, 0) is 26.2 Å². The first-order valence-corrected chi connectivity index (χ1v) is 8.50. The van der Waals surface area contributed by atoms with Crippen LogP contribution in [0.3, 0.4) is 0 Å². The molecule has 1 aromatic carbocycles. The summed E-state index contributed by atoms with van der Waals surface area (Å²) in [6.45, 7) is 2.56. The quantitative estimate of drug-likeness (QED) is 0.696. The molecule has 6 nitrogen and oxygen atoms in total. The summed E-state index contributed by atoms with van der Waals surface area (Å²) in [4.78, 5) is 10.1. The maximum Gasteiger partial charge on any atom is 0.161 e. The standard InChI is InChI=1S/C18H17F3N6/c19-15-7-17(21)16(20)5-12(15)10-26-3-4-27-14(11-26)6-13(25-27)8-24-18-9-22-1-2-23-18/h1-2,5-7,9H,3-4,8,10-11H2,(H,23,24). The summed E-state index contributed by atoms with van der Waals surface area (Å²) in [6, 6.07) is 3.49. The summed E-state index contributed by atoms with van der Waals surface area (Å²) < 4.78 is 42.3. The van der Waals surface area contributed by atoms with Crippen LogP contribution >= 0.6 is 0 Å². The second-order valence-electron chi connectivity index (χ2n) is 6.36. The fourth-order valence-electron chi connectivity index (χ4n) is 3.10. The first kappa shape index (κ1) is 17.5. The predicted molar refractivity (Wildman–Crippen MR) is 92.0 cm³/mol. The van der Waals surface area contributed by atoms with Crippen molar-refractivity contribution >= 4 is 5.82 Å². The average Bonchev–Trinajstić information content (AvgIpc) is 3.07. The molecule has 27 heavy (non-hydrogen) atoms. The Kier molecular flexibility index (Phi) is 4.76. The first-order chi connectivity index (χ1) is 13.1. The number of benzene rings is 1. The SMILES string of the molecule is Fc1cc(F)c(CN2CCn3nc(CNc4cnccn4)cc3C2)cc1F. The molecule has 0 saturated heterocycles. The molecule has 0 radical (unpaired) electrons. The molecule has 3 heterocycles. The summed E-state index contributed by atoms with van der Waals surface area (Å²) in [5, 5.41) is 7.70. The van der Waals surface area contributed by atoms with Crippen molar-refractivity contribution in [1.29, 1.82) is 0 Å². The fraction of sp³-hybridized carbons (Fsp3) is 0.278. The molecule has 0 amide bonds. The van der Waals surface area contributed by atoms with Crippen molar-refractivity contribution < 1.29 is 13.2 Å². The van der Waals surface area contributed by atoms with Crippen LogP contribution < -0.4 is 5.32 Å². The van der Waals surface area contributed by atoms with E-state index in [1.807, 2.05) is 15.6 Å². The van der Waals surface area contributed by atoms with Crippen molar-refractivity contribution in [2.75, 3.05) is 11.9 Å². The van der Waals surface area contributed by atoms with Crippen molar-refractivity contribution in [1.82, 2.24) is 24.6 Å². The molecule has 1 N–H and O–H groups in total. The Labute approximate surface area is 153 Å². The highest BCUT2D eigenvalue weighted by Crippen LogP contribution is 2.20. The van der Waals surface area contributed by atoms with Gasteiger partial charge in [-0.25, -0.2) is 18.2 Å². The van der Waals surface area contributed by atoms with Gasteiger partial charge in [0.05, 0.1) is 30.7 Å². The van der Waals surface area contributed by atoms with Gasteiger partial charge in [0.1, 0.15) is 11.6 Å². The van der Waals surface area contributed by atoms with Crippen molar-refractivity contribution in [2.45, 2.75) is 26.2 Å². The Hall–Kier alpha value is -2.94. The van der Waals surface area contributed by atoms with E-state index in [4.69, 9.17) is 0 Å². The lowest BCUT2D eigenvalue weighted by Crippen LogP contribution is -2.33. The molecule has 0 fully saturated rings. The number of hydrogen-bond acceptors (Lipinski definition) is 5. The normalized spacial score (nSPS) is 14.2. The van der Waals surface area contributed by atoms with Crippen LogP contribution in [0.4, 0.5) is 19.0 Å². The Morgan fingerprint density at radius 1 is 1.00 bits per heavy atom. The minimum absolute atomic E-state index is 0.145. The minimum atomic E-state index is -1.17. The molecule has 0 saturated carbocycles. The summed E-state index contributed by atoms with van der Waals surface area (Å²) in [5.74, 6) is -2.28. The van der Waals surface area contributed by atoms with E-state index in [1.54, 1.807) is 18.6 Å². The number of halogens is 3. The zero-order chi connectivity index (χ0) is 18.8. The highest BCUT2D eigenvalue weighted by Gasteiger charge is 2.20. The predicted octanol–water partition coefficient (Wildman–Crippen LogP) is 2.72. The highest BCUT2D eigenvalue weighted by molar-refractivity contribution is 5.31. The third-order valence-electron chi connectivity index (χ3n) is 4.42. The minimum Gasteiger partial charge on any atom is -0.363 e. The van der Waals surface area contributed by atoms with E-state index in [0.717, 1.165) is 17.5 Å².